The minimum absolute atomic E-state index is 0.241. The first-order chi connectivity index (χ1) is 12.6. The number of fused-ring (bicyclic) bond motifs is 1. The van der Waals surface area contributed by atoms with E-state index in [1.54, 1.807) is 29.8 Å². The maximum absolute atomic E-state index is 9.46. The fraction of sp³-hybridized carbons (Fsp3) is 0.143. The van der Waals surface area contributed by atoms with E-state index < -0.39 is 0 Å². The highest BCUT2D eigenvalue weighted by Gasteiger charge is 2.13. The van der Waals surface area contributed by atoms with Crippen LogP contribution in [0.2, 0.25) is 0 Å². The van der Waals surface area contributed by atoms with Crippen molar-refractivity contribution in [2.24, 2.45) is 0 Å². The van der Waals surface area contributed by atoms with Gasteiger partial charge in [-0.3, -0.25) is 0 Å². The molecule has 26 heavy (non-hydrogen) atoms. The summed E-state index contributed by atoms with van der Waals surface area (Å²) >= 11 is 1.62. The monoisotopic (exact) mass is 361 g/mol. The Morgan fingerprint density at radius 1 is 0.962 bits per heavy atom. The molecule has 4 nitrogen and oxygen atoms in total. The van der Waals surface area contributed by atoms with Crippen molar-refractivity contribution in [1.29, 1.82) is 0 Å². The van der Waals surface area contributed by atoms with Gasteiger partial charge in [0.2, 0.25) is 0 Å². The number of rotatable bonds is 4. The van der Waals surface area contributed by atoms with Gasteiger partial charge >= 0.3 is 0 Å². The standard InChI is InChI=1S/C21H19N3OS/c1-13(2)14-3-5-15(6-4-14)18-11-26-21-19(18)20(22-12-23-21)24-16-7-9-17(25)10-8-16/h3-13,25H,1-2H3,(H,22,23,24). The summed E-state index contributed by atoms with van der Waals surface area (Å²) < 4.78 is 0. The van der Waals surface area contributed by atoms with E-state index in [2.05, 4.69) is 58.8 Å². The molecule has 0 bridgehead atoms. The average molecular weight is 361 g/mol. The van der Waals surface area contributed by atoms with E-state index in [-0.39, 0.29) is 5.75 Å². The lowest BCUT2D eigenvalue weighted by atomic mass is 9.99. The van der Waals surface area contributed by atoms with Crippen molar-refractivity contribution >= 4 is 33.1 Å². The molecule has 0 radical (unpaired) electrons. The Kier molecular flexibility index (Phi) is 4.31. The molecule has 4 rings (SSSR count). The number of nitrogens with zero attached hydrogens (tertiary/aromatic N) is 2. The zero-order valence-corrected chi connectivity index (χ0v) is 15.4. The van der Waals surface area contributed by atoms with E-state index in [9.17, 15) is 5.11 Å². The summed E-state index contributed by atoms with van der Waals surface area (Å²) in [4.78, 5) is 9.82. The molecule has 4 aromatic rings. The molecule has 0 amide bonds. The molecule has 130 valence electrons. The fourth-order valence-electron chi connectivity index (χ4n) is 2.91. The maximum atomic E-state index is 9.46. The highest BCUT2D eigenvalue weighted by Crippen LogP contribution is 2.37. The molecule has 2 aromatic carbocycles. The number of phenolic OH excluding ortho intramolecular Hbond substituents is 1. The van der Waals surface area contributed by atoms with Crippen LogP contribution in [-0.4, -0.2) is 15.1 Å². The number of aromatic nitrogens is 2. The first-order valence-electron chi connectivity index (χ1n) is 8.50. The minimum atomic E-state index is 0.241. The van der Waals surface area contributed by atoms with Crippen molar-refractivity contribution in [3.8, 4) is 16.9 Å². The van der Waals surface area contributed by atoms with Gasteiger partial charge in [-0.05, 0) is 41.3 Å². The van der Waals surface area contributed by atoms with Crippen LogP contribution in [0, 0.1) is 0 Å². The summed E-state index contributed by atoms with van der Waals surface area (Å²) in [6.07, 6.45) is 1.58. The van der Waals surface area contributed by atoms with Crippen LogP contribution >= 0.6 is 11.3 Å². The maximum Gasteiger partial charge on any atom is 0.143 e. The summed E-state index contributed by atoms with van der Waals surface area (Å²) in [5.41, 5.74) is 4.48. The number of thiophene rings is 1. The second kappa shape index (κ2) is 6.77. The molecule has 0 fully saturated rings. The summed E-state index contributed by atoms with van der Waals surface area (Å²) in [7, 11) is 0. The lowest BCUT2D eigenvalue weighted by Gasteiger charge is -2.10. The molecule has 2 aromatic heterocycles. The molecular formula is C21H19N3OS. The molecule has 0 aliphatic heterocycles. The predicted octanol–water partition coefficient (Wildman–Crippen LogP) is 5.93. The topological polar surface area (TPSA) is 58.0 Å². The molecule has 2 heterocycles. The number of nitrogens with one attached hydrogen (secondary N) is 1. The van der Waals surface area contributed by atoms with Gasteiger partial charge in [-0.15, -0.1) is 11.3 Å². The second-order valence-corrected chi connectivity index (χ2v) is 7.36. The Bertz CT molecular complexity index is 1040. The van der Waals surface area contributed by atoms with Gasteiger partial charge in [-0.25, -0.2) is 9.97 Å². The van der Waals surface area contributed by atoms with Crippen molar-refractivity contribution in [2.45, 2.75) is 19.8 Å². The lowest BCUT2D eigenvalue weighted by molar-refractivity contribution is 0.475. The summed E-state index contributed by atoms with van der Waals surface area (Å²) in [5, 5.41) is 16.0. The van der Waals surface area contributed by atoms with Crippen LogP contribution in [-0.2, 0) is 0 Å². The molecule has 0 unspecified atom stereocenters. The van der Waals surface area contributed by atoms with Gasteiger partial charge < -0.3 is 10.4 Å². The van der Waals surface area contributed by atoms with E-state index in [0.29, 0.717) is 5.92 Å². The van der Waals surface area contributed by atoms with E-state index >= 15 is 0 Å². The van der Waals surface area contributed by atoms with Crippen LogP contribution in [0.1, 0.15) is 25.3 Å². The van der Waals surface area contributed by atoms with Gasteiger partial charge in [0.15, 0.2) is 0 Å². The largest absolute Gasteiger partial charge is 0.508 e. The minimum Gasteiger partial charge on any atom is -0.508 e. The molecule has 0 saturated heterocycles. The number of hydrogen-bond acceptors (Lipinski definition) is 5. The van der Waals surface area contributed by atoms with Gasteiger partial charge in [0.25, 0.3) is 0 Å². The van der Waals surface area contributed by atoms with Crippen LogP contribution in [0.3, 0.4) is 0 Å². The van der Waals surface area contributed by atoms with E-state index in [1.165, 1.54) is 5.56 Å². The van der Waals surface area contributed by atoms with Crippen molar-refractivity contribution in [2.75, 3.05) is 5.32 Å². The summed E-state index contributed by atoms with van der Waals surface area (Å²) in [6.45, 7) is 4.39. The van der Waals surface area contributed by atoms with E-state index in [4.69, 9.17) is 0 Å². The number of benzene rings is 2. The third-order valence-corrected chi connectivity index (χ3v) is 5.27. The first kappa shape index (κ1) is 16.5. The van der Waals surface area contributed by atoms with Crippen molar-refractivity contribution in [1.82, 2.24) is 9.97 Å². The van der Waals surface area contributed by atoms with Crippen LogP contribution in [0.25, 0.3) is 21.3 Å². The molecule has 0 spiro atoms. The quantitative estimate of drug-likeness (QED) is 0.442. The molecule has 0 atom stereocenters. The van der Waals surface area contributed by atoms with E-state index in [0.717, 1.165) is 32.8 Å². The SMILES string of the molecule is CC(C)c1ccc(-c2csc3ncnc(Nc4ccc(O)cc4)c23)cc1. The first-order valence-corrected chi connectivity index (χ1v) is 9.38. The molecule has 5 heteroatoms. The van der Waals surface area contributed by atoms with Crippen LogP contribution in [0.5, 0.6) is 5.75 Å². The number of anilines is 2. The third kappa shape index (κ3) is 3.13. The normalized spacial score (nSPS) is 11.2. The smallest absolute Gasteiger partial charge is 0.143 e. The van der Waals surface area contributed by atoms with Crippen LogP contribution in [0.15, 0.2) is 60.2 Å². The zero-order valence-electron chi connectivity index (χ0n) is 14.6. The Morgan fingerprint density at radius 3 is 2.38 bits per heavy atom. The van der Waals surface area contributed by atoms with Crippen LogP contribution < -0.4 is 5.32 Å². The Labute approximate surface area is 156 Å². The van der Waals surface area contributed by atoms with E-state index in [1.807, 2.05) is 12.1 Å². The number of hydrogen-bond donors (Lipinski definition) is 2. The average Bonchev–Trinajstić information content (AvgIpc) is 3.09. The van der Waals surface area contributed by atoms with Crippen molar-refractivity contribution in [3.05, 3.63) is 65.8 Å². The van der Waals surface area contributed by atoms with Gasteiger partial charge in [-0.2, -0.15) is 0 Å². The van der Waals surface area contributed by atoms with Gasteiger partial charge in [0.1, 0.15) is 22.7 Å². The Balaban J connectivity index is 1.77. The van der Waals surface area contributed by atoms with Gasteiger partial charge in [0.05, 0.1) is 5.39 Å². The highest BCUT2D eigenvalue weighted by molar-refractivity contribution is 7.17. The van der Waals surface area contributed by atoms with Gasteiger partial charge in [0, 0.05) is 16.6 Å². The Hall–Kier alpha value is -2.92. The molecule has 0 aliphatic rings. The number of aromatic hydroxyl groups is 1. The molecule has 0 saturated carbocycles. The third-order valence-electron chi connectivity index (χ3n) is 4.39. The second-order valence-electron chi connectivity index (χ2n) is 6.50. The summed E-state index contributed by atoms with van der Waals surface area (Å²) in [6, 6.07) is 15.6. The van der Waals surface area contributed by atoms with Crippen molar-refractivity contribution in [3.63, 3.8) is 0 Å². The van der Waals surface area contributed by atoms with Crippen molar-refractivity contribution < 1.29 is 5.11 Å². The molecule has 2 N–H and O–H groups in total. The number of phenols is 1. The Morgan fingerprint density at radius 2 is 1.69 bits per heavy atom. The predicted molar refractivity (Wildman–Crippen MR) is 108 cm³/mol. The molecule has 0 aliphatic carbocycles. The van der Waals surface area contributed by atoms with Gasteiger partial charge in [-0.1, -0.05) is 38.1 Å². The fourth-order valence-corrected chi connectivity index (χ4v) is 3.83. The molecular weight excluding hydrogens is 342 g/mol. The van der Waals surface area contributed by atoms with Crippen LogP contribution in [0.4, 0.5) is 11.5 Å². The highest BCUT2D eigenvalue weighted by atomic mass is 32.1. The summed E-state index contributed by atoms with van der Waals surface area (Å²) in [5.74, 6) is 1.52. The zero-order chi connectivity index (χ0) is 18.1. The lowest BCUT2D eigenvalue weighted by Crippen LogP contribution is -1.95.